The highest BCUT2D eigenvalue weighted by molar-refractivity contribution is 5.15. The molecule has 0 bridgehead atoms. The van der Waals surface area contributed by atoms with Crippen LogP contribution in [-0.4, -0.2) is 11.7 Å². The standard InChI is InChI=1S/C15H24O/c1-9(2)11-6-5-10(3)12-7-8-15(4)14(16-15)13(11)12/h10-14H,1,5-8H2,2-4H3/t10-,11+,12+,13-,14?,15?/m1/s1. The van der Waals surface area contributed by atoms with E-state index in [-0.39, 0.29) is 5.60 Å². The second-order valence-electron chi connectivity index (χ2n) is 6.64. The summed E-state index contributed by atoms with van der Waals surface area (Å²) in [6.45, 7) is 11.2. The molecule has 1 nitrogen and oxygen atoms in total. The molecule has 0 spiro atoms. The molecule has 1 saturated heterocycles. The van der Waals surface area contributed by atoms with Crippen molar-refractivity contribution in [3.63, 3.8) is 0 Å². The Morgan fingerprint density at radius 1 is 1.31 bits per heavy atom. The smallest absolute Gasteiger partial charge is 0.0923 e. The predicted octanol–water partition coefficient (Wildman–Crippen LogP) is 3.79. The van der Waals surface area contributed by atoms with E-state index >= 15 is 0 Å². The summed E-state index contributed by atoms with van der Waals surface area (Å²) in [6, 6.07) is 0. The summed E-state index contributed by atoms with van der Waals surface area (Å²) >= 11 is 0. The highest BCUT2D eigenvalue weighted by atomic mass is 16.6. The van der Waals surface area contributed by atoms with E-state index < -0.39 is 0 Å². The molecule has 90 valence electrons. The Morgan fingerprint density at radius 2 is 2.06 bits per heavy atom. The van der Waals surface area contributed by atoms with E-state index in [1.165, 1.54) is 31.3 Å². The normalized spacial score (nSPS) is 55.1. The molecule has 0 aromatic rings. The first-order valence-corrected chi connectivity index (χ1v) is 6.86. The average molecular weight is 220 g/mol. The summed E-state index contributed by atoms with van der Waals surface area (Å²) in [7, 11) is 0. The van der Waals surface area contributed by atoms with Gasteiger partial charge < -0.3 is 4.74 Å². The van der Waals surface area contributed by atoms with Gasteiger partial charge in [-0.3, -0.25) is 0 Å². The zero-order valence-corrected chi connectivity index (χ0v) is 10.8. The summed E-state index contributed by atoms with van der Waals surface area (Å²) < 4.78 is 6.02. The predicted molar refractivity (Wildman–Crippen MR) is 66.2 cm³/mol. The van der Waals surface area contributed by atoms with Crippen molar-refractivity contribution in [2.45, 2.75) is 58.2 Å². The molecule has 2 aliphatic carbocycles. The highest BCUT2D eigenvalue weighted by Gasteiger charge is 2.63. The van der Waals surface area contributed by atoms with E-state index in [1.54, 1.807) is 0 Å². The summed E-state index contributed by atoms with van der Waals surface area (Å²) in [5, 5.41) is 0. The van der Waals surface area contributed by atoms with E-state index in [1.807, 2.05) is 0 Å². The molecule has 1 heterocycles. The van der Waals surface area contributed by atoms with Crippen molar-refractivity contribution in [3.8, 4) is 0 Å². The number of rotatable bonds is 1. The van der Waals surface area contributed by atoms with E-state index in [0.717, 1.165) is 23.7 Å². The summed E-state index contributed by atoms with van der Waals surface area (Å²) in [6.07, 6.45) is 5.94. The van der Waals surface area contributed by atoms with Crippen LogP contribution in [0.3, 0.4) is 0 Å². The topological polar surface area (TPSA) is 12.5 Å². The van der Waals surface area contributed by atoms with Gasteiger partial charge in [-0.1, -0.05) is 19.1 Å². The SMILES string of the molecule is C=C(C)[C@@H]1CC[C@@H](C)[C@@H]2CCC3(C)OC3[C@@H]21. The highest BCUT2D eigenvalue weighted by Crippen LogP contribution is 2.60. The van der Waals surface area contributed by atoms with Crippen LogP contribution in [0.15, 0.2) is 12.2 Å². The van der Waals surface area contributed by atoms with E-state index in [0.29, 0.717) is 6.10 Å². The van der Waals surface area contributed by atoms with Gasteiger partial charge >= 0.3 is 0 Å². The molecule has 1 heteroatoms. The number of hydrogen-bond donors (Lipinski definition) is 0. The van der Waals surface area contributed by atoms with Crippen molar-refractivity contribution >= 4 is 0 Å². The largest absolute Gasteiger partial charge is 0.366 e. The molecule has 0 aromatic heterocycles. The Hall–Kier alpha value is -0.300. The van der Waals surface area contributed by atoms with Gasteiger partial charge in [0.2, 0.25) is 0 Å². The van der Waals surface area contributed by atoms with Crippen LogP contribution < -0.4 is 0 Å². The average Bonchev–Trinajstić information content (AvgIpc) is 2.90. The third kappa shape index (κ3) is 1.40. The third-order valence-corrected chi connectivity index (χ3v) is 5.52. The van der Waals surface area contributed by atoms with Crippen molar-refractivity contribution in [3.05, 3.63) is 12.2 Å². The van der Waals surface area contributed by atoms with Crippen LogP contribution >= 0.6 is 0 Å². The molecule has 3 fully saturated rings. The van der Waals surface area contributed by atoms with Gasteiger partial charge in [-0.2, -0.15) is 0 Å². The van der Waals surface area contributed by atoms with E-state index in [2.05, 4.69) is 27.4 Å². The Balaban J connectivity index is 1.88. The Bertz CT molecular complexity index is 321. The fourth-order valence-corrected chi connectivity index (χ4v) is 4.41. The van der Waals surface area contributed by atoms with Gasteiger partial charge in [0.25, 0.3) is 0 Å². The lowest BCUT2D eigenvalue weighted by atomic mass is 9.58. The molecule has 3 rings (SSSR count). The van der Waals surface area contributed by atoms with Crippen molar-refractivity contribution < 1.29 is 4.74 Å². The van der Waals surface area contributed by atoms with Crippen molar-refractivity contribution in [2.24, 2.45) is 23.7 Å². The van der Waals surface area contributed by atoms with Gasteiger partial charge in [0, 0.05) is 0 Å². The van der Waals surface area contributed by atoms with Crippen molar-refractivity contribution in [2.75, 3.05) is 0 Å². The molecular formula is C15H24O. The first-order chi connectivity index (χ1) is 7.53. The number of allylic oxidation sites excluding steroid dienone is 1. The fraction of sp³-hybridized carbons (Fsp3) is 0.867. The van der Waals surface area contributed by atoms with Gasteiger partial charge in [0.05, 0.1) is 11.7 Å². The lowest BCUT2D eigenvalue weighted by Gasteiger charge is -2.45. The summed E-state index contributed by atoms with van der Waals surface area (Å²) in [5.41, 5.74) is 1.63. The summed E-state index contributed by atoms with van der Waals surface area (Å²) in [5.74, 6) is 3.30. The molecule has 0 radical (unpaired) electrons. The lowest BCUT2D eigenvalue weighted by molar-refractivity contribution is 0.0756. The fourth-order valence-electron chi connectivity index (χ4n) is 4.41. The van der Waals surface area contributed by atoms with Gasteiger partial charge in [0.15, 0.2) is 0 Å². The van der Waals surface area contributed by atoms with Crippen LogP contribution in [0.4, 0.5) is 0 Å². The zero-order valence-electron chi connectivity index (χ0n) is 10.8. The minimum absolute atomic E-state index is 0.242. The maximum absolute atomic E-state index is 6.02. The molecule has 16 heavy (non-hydrogen) atoms. The maximum atomic E-state index is 6.02. The number of ether oxygens (including phenoxy) is 1. The third-order valence-electron chi connectivity index (χ3n) is 5.52. The lowest BCUT2D eigenvalue weighted by Crippen LogP contribution is -2.42. The van der Waals surface area contributed by atoms with Crippen LogP contribution in [0.2, 0.25) is 0 Å². The zero-order chi connectivity index (χ0) is 11.5. The first kappa shape index (κ1) is 10.8. The van der Waals surface area contributed by atoms with Gasteiger partial charge in [-0.25, -0.2) is 0 Å². The van der Waals surface area contributed by atoms with Crippen LogP contribution in [-0.2, 0) is 4.74 Å². The Morgan fingerprint density at radius 3 is 2.75 bits per heavy atom. The van der Waals surface area contributed by atoms with Crippen molar-refractivity contribution in [1.29, 1.82) is 0 Å². The monoisotopic (exact) mass is 220 g/mol. The van der Waals surface area contributed by atoms with Crippen LogP contribution in [0.25, 0.3) is 0 Å². The quantitative estimate of drug-likeness (QED) is 0.484. The molecule has 0 amide bonds. The molecule has 2 saturated carbocycles. The minimum Gasteiger partial charge on any atom is -0.366 e. The van der Waals surface area contributed by atoms with E-state index in [9.17, 15) is 0 Å². The molecular weight excluding hydrogens is 196 g/mol. The molecule has 3 aliphatic rings. The van der Waals surface area contributed by atoms with Crippen LogP contribution in [0, 0.1) is 23.7 Å². The van der Waals surface area contributed by atoms with Crippen LogP contribution in [0.1, 0.15) is 46.5 Å². The second-order valence-corrected chi connectivity index (χ2v) is 6.64. The van der Waals surface area contributed by atoms with Gasteiger partial charge in [-0.15, -0.1) is 0 Å². The van der Waals surface area contributed by atoms with E-state index in [4.69, 9.17) is 4.74 Å². The Labute approximate surface area is 99.3 Å². The molecule has 0 aromatic carbocycles. The minimum atomic E-state index is 0.242. The van der Waals surface area contributed by atoms with Crippen molar-refractivity contribution in [1.82, 2.24) is 0 Å². The molecule has 0 N–H and O–H groups in total. The number of hydrogen-bond acceptors (Lipinski definition) is 1. The van der Waals surface area contributed by atoms with Crippen LogP contribution in [0.5, 0.6) is 0 Å². The number of epoxide rings is 1. The molecule has 2 unspecified atom stereocenters. The number of fused-ring (bicyclic) bond motifs is 3. The van der Waals surface area contributed by atoms with Gasteiger partial charge in [-0.05, 0) is 63.2 Å². The molecule has 6 atom stereocenters. The summed E-state index contributed by atoms with van der Waals surface area (Å²) in [4.78, 5) is 0. The first-order valence-electron chi connectivity index (χ1n) is 6.86. The maximum Gasteiger partial charge on any atom is 0.0923 e. The van der Waals surface area contributed by atoms with Gasteiger partial charge in [0.1, 0.15) is 0 Å². The molecule has 1 aliphatic heterocycles. The second kappa shape index (κ2) is 3.35. The Kier molecular flexibility index (Phi) is 2.27.